The first-order chi connectivity index (χ1) is 11.3. The molecule has 0 spiro atoms. The van der Waals surface area contributed by atoms with E-state index < -0.39 is 10.0 Å². The molecule has 0 unspecified atom stereocenters. The number of rotatable bonds is 3. The molecule has 6 nitrogen and oxygen atoms in total. The summed E-state index contributed by atoms with van der Waals surface area (Å²) in [5.74, 6) is -0.0237. The summed E-state index contributed by atoms with van der Waals surface area (Å²) < 4.78 is 28.9. The number of nitrogens with zero attached hydrogens (tertiary/aromatic N) is 3. The quantitative estimate of drug-likeness (QED) is 0.832. The van der Waals surface area contributed by atoms with Gasteiger partial charge in [0.25, 0.3) is 15.9 Å². The molecule has 1 aliphatic rings. The van der Waals surface area contributed by atoms with Crippen molar-refractivity contribution in [3.8, 4) is 0 Å². The number of piperazine rings is 1. The highest BCUT2D eigenvalue weighted by Gasteiger charge is 2.31. The highest BCUT2D eigenvalue weighted by Crippen LogP contribution is 2.23. The molecule has 0 aromatic carbocycles. The fourth-order valence-electron chi connectivity index (χ4n) is 2.91. The van der Waals surface area contributed by atoms with Crippen molar-refractivity contribution in [2.24, 2.45) is 7.05 Å². The molecule has 3 rings (SSSR count). The first-order valence-electron chi connectivity index (χ1n) is 7.78. The monoisotopic (exact) mass is 367 g/mol. The van der Waals surface area contributed by atoms with E-state index in [1.54, 1.807) is 22.4 Å². The van der Waals surface area contributed by atoms with Gasteiger partial charge in [-0.15, -0.1) is 11.3 Å². The van der Waals surface area contributed by atoms with Crippen LogP contribution in [0.1, 0.15) is 21.7 Å². The van der Waals surface area contributed by atoms with Gasteiger partial charge in [-0.25, -0.2) is 8.42 Å². The van der Waals surface area contributed by atoms with Gasteiger partial charge in [0.1, 0.15) is 4.21 Å². The molecule has 0 N–H and O–H groups in total. The Bertz CT molecular complexity index is 846. The third-order valence-corrected chi connectivity index (χ3v) is 7.89. The van der Waals surface area contributed by atoms with Gasteiger partial charge in [0.15, 0.2) is 0 Å². The predicted octanol–water partition coefficient (Wildman–Crippen LogP) is 1.85. The predicted molar refractivity (Wildman–Crippen MR) is 93.9 cm³/mol. The van der Waals surface area contributed by atoms with E-state index in [1.165, 1.54) is 15.6 Å². The van der Waals surface area contributed by atoms with Crippen LogP contribution in [-0.4, -0.2) is 54.3 Å². The molecule has 130 valence electrons. The van der Waals surface area contributed by atoms with Gasteiger partial charge < -0.3 is 9.47 Å². The highest BCUT2D eigenvalue weighted by molar-refractivity contribution is 7.91. The first kappa shape index (κ1) is 17.2. The number of hydrogen-bond donors (Lipinski definition) is 0. The van der Waals surface area contributed by atoms with Gasteiger partial charge in [-0.05, 0) is 31.4 Å². The Kier molecular flexibility index (Phi) is 4.54. The SMILES string of the molecule is Cc1cc(C(=O)N2CCN(S(=O)(=O)c3cccs3)CC2)c(C)n1C. The van der Waals surface area contributed by atoms with Crippen LogP contribution < -0.4 is 0 Å². The van der Waals surface area contributed by atoms with Gasteiger partial charge in [0.2, 0.25) is 0 Å². The van der Waals surface area contributed by atoms with Crippen molar-refractivity contribution in [3.63, 3.8) is 0 Å². The molecule has 24 heavy (non-hydrogen) atoms. The Labute approximate surface area is 146 Å². The molecule has 0 radical (unpaired) electrons. The molecule has 0 saturated carbocycles. The first-order valence-corrected chi connectivity index (χ1v) is 10.1. The van der Waals surface area contributed by atoms with E-state index in [0.717, 1.165) is 11.4 Å². The van der Waals surface area contributed by atoms with Crippen molar-refractivity contribution in [2.45, 2.75) is 18.1 Å². The van der Waals surface area contributed by atoms with E-state index in [9.17, 15) is 13.2 Å². The molecule has 2 aromatic rings. The van der Waals surface area contributed by atoms with Crippen LogP contribution in [0.2, 0.25) is 0 Å². The topological polar surface area (TPSA) is 62.6 Å². The molecule has 1 aliphatic heterocycles. The number of sulfonamides is 1. The van der Waals surface area contributed by atoms with Crippen LogP contribution in [0.3, 0.4) is 0 Å². The molecule has 1 saturated heterocycles. The normalized spacial score (nSPS) is 16.5. The lowest BCUT2D eigenvalue weighted by atomic mass is 10.2. The Morgan fingerprint density at radius 2 is 1.83 bits per heavy atom. The smallest absolute Gasteiger partial charge is 0.255 e. The van der Waals surface area contributed by atoms with Crippen molar-refractivity contribution in [1.29, 1.82) is 0 Å². The largest absolute Gasteiger partial charge is 0.351 e. The van der Waals surface area contributed by atoms with Crippen LogP contribution in [0.5, 0.6) is 0 Å². The zero-order valence-corrected chi connectivity index (χ0v) is 15.7. The van der Waals surface area contributed by atoms with E-state index in [0.29, 0.717) is 36.0 Å². The van der Waals surface area contributed by atoms with E-state index in [2.05, 4.69) is 0 Å². The molecular formula is C16H21N3O3S2. The minimum absolute atomic E-state index is 0.0237. The van der Waals surface area contributed by atoms with Crippen molar-refractivity contribution in [3.05, 3.63) is 40.5 Å². The molecule has 1 fully saturated rings. The van der Waals surface area contributed by atoms with Crippen molar-refractivity contribution in [1.82, 2.24) is 13.8 Å². The molecule has 1 amide bonds. The van der Waals surface area contributed by atoms with Crippen LogP contribution in [-0.2, 0) is 17.1 Å². The number of thiophene rings is 1. The second kappa shape index (κ2) is 6.34. The summed E-state index contributed by atoms with van der Waals surface area (Å²) in [5, 5.41) is 1.76. The van der Waals surface area contributed by atoms with Crippen LogP contribution in [0.4, 0.5) is 0 Å². The van der Waals surface area contributed by atoms with Gasteiger partial charge >= 0.3 is 0 Å². The van der Waals surface area contributed by atoms with Crippen LogP contribution in [0.15, 0.2) is 27.8 Å². The van der Waals surface area contributed by atoms with Crippen molar-refractivity contribution < 1.29 is 13.2 Å². The molecule has 3 heterocycles. The molecule has 8 heteroatoms. The zero-order valence-electron chi connectivity index (χ0n) is 14.0. The van der Waals surface area contributed by atoms with Gasteiger partial charge in [-0.3, -0.25) is 4.79 Å². The average molecular weight is 367 g/mol. The van der Waals surface area contributed by atoms with Crippen LogP contribution >= 0.6 is 11.3 Å². The number of aryl methyl sites for hydroxylation is 1. The maximum atomic E-state index is 12.7. The standard InChI is InChI=1S/C16H21N3O3S2/c1-12-11-14(13(2)17(12)3)16(20)18-6-8-19(9-7-18)24(21,22)15-5-4-10-23-15/h4-5,10-11H,6-9H2,1-3H3. The third-order valence-electron chi connectivity index (χ3n) is 4.62. The lowest BCUT2D eigenvalue weighted by Crippen LogP contribution is -2.50. The number of amides is 1. The number of carbonyl (C=O) groups is 1. The van der Waals surface area contributed by atoms with Gasteiger partial charge in [-0.1, -0.05) is 6.07 Å². The fourth-order valence-corrected chi connectivity index (χ4v) is 5.48. The zero-order chi connectivity index (χ0) is 17.5. The second-order valence-electron chi connectivity index (χ2n) is 5.97. The molecular weight excluding hydrogens is 346 g/mol. The summed E-state index contributed by atoms with van der Waals surface area (Å²) in [7, 11) is -1.50. The van der Waals surface area contributed by atoms with Gasteiger partial charge in [0.05, 0.1) is 5.56 Å². The van der Waals surface area contributed by atoms with E-state index >= 15 is 0 Å². The third kappa shape index (κ3) is 2.89. The fraction of sp³-hybridized carbons (Fsp3) is 0.438. The van der Waals surface area contributed by atoms with E-state index in [4.69, 9.17) is 0 Å². The maximum absolute atomic E-state index is 12.7. The van der Waals surface area contributed by atoms with Crippen molar-refractivity contribution in [2.75, 3.05) is 26.2 Å². The van der Waals surface area contributed by atoms with Gasteiger partial charge in [0, 0.05) is 44.6 Å². The molecule has 0 bridgehead atoms. The molecule has 0 atom stereocenters. The summed E-state index contributed by atoms with van der Waals surface area (Å²) in [6, 6.07) is 5.25. The summed E-state index contributed by atoms with van der Waals surface area (Å²) in [6.07, 6.45) is 0. The lowest BCUT2D eigenvalue weighted by molar-refractivity contribution is 0.0697. The summed E-state index contributed by atoms with van der Waals surface area (Å²) in [6.45, 7) is 5.38. The van der Waals surface area contributed by atoms with Crippen molar-refractivity contribution >= 4 is 27.3 Å². The Hall–Kier alpha value is -1.64. The Balaban J connectivity index is 1.71. The summed E-state index contributed by atoms with van der Waals surface area (Å²) >= 11 is 1.22. The van der Waals surface area contributed by atoms with E-state index in [-0.39, 0.29) is 5.91 Å². The van der Waals surface area contributed by atoms with Gasteiger partial charge in [-0.2, -0.15) is 4.31 Å². The minimum Gasteiger partial charge on any atom is -0.351 e. The molecule has 2 aromatic heterocycles. The minimum atomic E-state index is -3.43. The Morgan fingerprint density at radius 3 is 2.33 bits per heavy atom. The van der Waals surface area contributed by atoms with Crippen LogP contribution in [0.25, 0.3) is 0 Å². The summed E-state index contributed by atoms with van der Waals surface area (Å²) in [5.41, 5.74) is 2.67. The number of carbonyl (C=O) groups excluding carboxylic acids is 1. The molecule has 0 aliphatic carbocycles. The lowest BCUT2D eigenvalue weighted by Gasteiger charge is -2.33. The number of aromatic nitrogens is 1. The number of hydrogen-bond acceptors (Lipinski definition) is 4. The average Bonchev–Trinajstić information content (AvgIpc) is 3.20. The second-order valence-corrected chi connectivity index (χ2v) is 9.08. The highest BCUT2D eigenvalue weighted by atomic mass is 32.2. The van der Waals surface area contributed by atoms with E-state index in [1.807, 2.05) is 31.5 Å². The summed E-state index contributed by atoms with van der Waals surface area (Å²) in [4.78, 5) is 14.5. The van der Waals surface area contributed by atoms with Crippen LogP contribution in [0, 0.1) is 13.8 Å². The maximum Gasteiger partial charge on any atom is 0.255 e. The Morgan fingerprint density at radius 1 is 1.17 bits per heavy atom.